The van der Waals surface area contributed by atoms with Crippen molar-refractivity contribution in [3.8, 4) is 17.6 Å². The van der Waals surface area contributed by atoms with Gasteiger partial charge in [0.2, 0.25) is 10.3 Å². The summed E-state index contributed by atoms with van der Waals surface area (Å²) in [5.41, 5.74) is 2.85. The molecule has 0 bridgehead atoms. The maximum Gasteiger partial charge on any atom is 0.268 e. The standard InChI is InChI=1S/C26H27N5O3S/c1-3-33-23-15-19(10-11-22(23)34-17-20-9-5-4-8-18(20)2)14-21(16-27)24(32)28-25-29-30-26(35-25)31-12-6-7-13-31/h4-5,8-11,14-15H,3,6-7,12-13,17H2,1-2H3,(H,28,29,32)/b21-14-. The predicted molar refractivity (Wildman–Crippen MR) is 137 cm³/mol. The summed E-state index contributed by atoms with van der Waals surface area (Å²) in [5, 5.41) is 21.6. The SMILES string of the molecule is CCOc1cc(/C=C(/C#N)C(=O)Nc2nnc(N3CCCC3)s2)ccc1OCc1ccccc1C. The zero-order valence-corrected chi connectivity index (χ0v) is 20.6. The lowest BCUT2D eigenvalue weighted by Crippen LogP contribution is -2.17. The average Bonchev–Trinajstić information content (AvgIpc) is 3.55. The van der Waals surface area contributed by atoms with Gasteiger partial charge in [0.25, 0.3) is 5.91 Å². The van der Waals surface area contributed by atoms with Crippen LogP contribution in [-0.2, 0) is 11.4 Å². The molecule has 1 saturated heterocycles. The highest BCUT2D eigenvalue weighted by Gasteiger charge is 2.19. The lowest BCUT2D eigenvalue weighted by Gasteiger charge is -2.14. The molecule has 1 N–H and O–H groups in total. The van der Waals surface area contributed by atoms with Crippen molar-refractivity contribution in [2.75, 3.05) is 29.9 Å². The van der Waals surface area contributed by atoms with Gasteiger partial charge in [0.15, 0.2) is 11.5 Å². The van der Waals surface area contributed by atoms with Crippen LogP contribution in [0.3, 0.4) is 0 Å². The van der Waals surface area contributed by atoms with Crippen molar-refractivity contribution in [1.82, 2.24) is 10.2 Å². The van der Waals surface area contributed by atoms with Gasteiger partial charge < -0.3 is 14.4 Å². The summed E-state index contributed by atoms with van der Waals surface area (Å²) in [4.78, 5) is 14.9. The van der Waals surface area contributed by atoms with Crippen LogP contribution in [0, 0.1) is 18.3 Å². The van der Waals surface area contributed by atoms with Gasteiger partial charge in [-0.3, -0.25) is 10.1 Å². The Labute approximate surface area is 208 Å². The van der Waals surface area contributed by atoms with Crippen molar-refractivity contribution in [2.24, 2.45) is 0 Å². The molecule has 1 aliphatic rings. The lowest BCUT2D eigenvalue weighted by atomic mass is 10.1. The van der Waals surface area contributed by atoms with E-state index in [-0.39, 0.29) is 5.57 Å². The maximum absolute atomic E-state index is 12.7. The van der Waals surface area contributed by atoms with Gasteiger partial charge in [-0.05, 0) is 61.6 Å². The molecule has 8 nitrogen and oxygen atoms in total. The zero-order chi connectivity index (χ0) is 24.6. The first-order valence-electron chi connectivity index (χ1n) is 11.5. The van der Waals surface area contributed by atoms with E-state index in [4.69, 9.17) is 9.47 Å². The number of ether oxygens (including phenoxy) is 2. The molecule has 0 aliphatic carbocycles. The van der Waals surface area contributed by atoms with E-state index in [9.17, 15) is 10.1 Å². The molecular weight excluding hydrogens is 462 g/mol. The first kappa shape index (κ1) is 24.2. The van der Waals surface area contributed by atoms with Crippen LogP contribution >= 0.6 is 11.3 Å². The van der Waals surface area contributed by atoms with Crippen molar-refractivity contribution in [3.05, 3.63) is 64.7 Å². The molecule has 35 heavy (non-hydrogen) atoms. The van der Waals surface area contributed by atoms with Crippen LogP contribution in [-0.4, -0.2) is 35.8 Å². The number of aryl methyl sites for hydroxylation is 1. The average molecular weight is 490 g/mol. The smallest absolute Gasteiger partial charge is 0.268 e. The minimum absolute atomic E-state index is 0.0426. The number of nitrogens with one attached hydrogen (secondary N) is 1. The molecule has 1 amide bonds. The molecule has 2 heterocycles. The number of aromatic nitrogens is 2. The molecule has 1 fully saturated rings. The summed E-state index contributed by atoms with van der Waals surface area (Å²) in [6.45, 7) is 6.68. The number of carbonyl (C=O) groups excluding carboxylic acids is 1. The van der Waals surface area contributed by atoms with E-state index in [0.29, 0.717) is 35.4 Å². The van der Waals surface area contributed by atoms with Crippen LogP contribution in [0.4, 0.5) is 10.3 Å². The Morgan fingerprint density at radius 2 is 1.97 bits per heavy atom. The Bertz CT molecular complexity index is 1260. The van der Waals surface area contributed by atoms with Gasteiger partial charge >= 0.3 is 0 Å². The molecule has 0 unspecified atom stereocenters. The number of benzene rings is 2. The highest BCUT2D eigenvalue weighted by atomic mass is 32.1. The molecule has 2 aromatic carbocycles. The van der Waals surface area contributed by atoms with E-state index >= 15 is 0 Å². The molecular formula is C26H27N5O3S. The van der Waals surface area contributed by atoms with Crippen LogP contribution in [0.5, 0.6) is 11.5 Å². The van der Waals surface area contributed by atoms with Crippen LogP contribution in [0.15, 0.2) is 48.0 Å². The van der Waals surface area contributed by atoms with E-state index in [2.05, 4.69) is 20.4 Å². The first-order chi connectivity index (χ1) is 17.1. The number of hydrogen-bond donors (Lipinski definition) is 1. The van der Waals surface area contributed by atoms with E-state index < -0.39 is 5.91 Å². The molecule has 1 aromatic heterocycles. The number of nitriles is 1. The first-order valence-corrected chi connectivity index (χ1v) is 12.3. The Morgan fingerprint density at radius 3 is 2.71 bits per heavy atom. The summed E-state index contributed by atoms with van der Waals surface area (Å²) in [6.07, 6.45) is 3.77. The van der Waals surface area contributed by atoms with Crippen molar-refractivity contribution in [3.63, 3.8) is 0 Å². The second-order valence-corrected chi connectivity index (χ2v) is 9.02. The molecule has 3 aromatic rings. The summed E-state index contributed by atoms with van der Waals surface area (Å²) < 4.78 is 11.8. The highest BCUT2D eigenvalue weighted by molar-refractivity contribution is 7.19. The Morgan fingerprint density at radius 1 is 1.17 bits per heavy atom. The zero-order valence-electron chi connectivity index (χ0n) is 19.8. The van der Waals surface area contributed by atoms with Gasteiger partial charge in [-0.25, -0.2) is 0 Å². The van der Waals surface area contributed by atoms with Gasteiger partial charge in [0.1, 0.15) is 18.2 Å². The van der Waals surface area contributed by atoms with Crippen molar-refractivity contribution < 1.29 is 14.3 Å². The van der Waals surface area contributed by atoms with Crippen molar-refractivity contribution in [2.45, 2.75) is 33.3 Å². The van der Waals surface area contributed by atoms with Crippen LogP contribution in [0.2, 0.25) is 0 Å². The molecule has 0 atom stereocenters. The molecule has 9 heteroatoms. The topological polar surface area (TPSA) is 100 Å². The third-order valence-electron chi connectivity index (χ3n) is 5.60. The third kappa shape index (κ3) is 6.16. The van der Waals surface area contributed by atoms with E-state index in [0.717, 1.165) is 42.2 Å². The number of anilines is 2. The molecule has 180 valence electrons. The second kappa shape index (κ2) is 11.5. The molecule has 0 radical (unpaired) electrons. The summed E-state index contributed by atoms with van der Waals surface area (Å²) in [7, 11) is 0. The summed E-state index contributed by atoms with van der Waals surface area (Å²) >= 11 is 1.31. The number of carbonyl (C=O) groups is 1. The van der Waals surface area contributed by atoms with Gasteiger partial charge in [-0.2, -0.15) is 5.26 Å². The van der Waals surface area contributed by atoms with E-state index in [1.807, 2.05) is 44.2 Å². The van der Waals surface area contributed by atoms with Crippen LogP contribution in [0.25, 0.3) is 6.08 Å². The Kier molecular flexibility index (Phi) is 7.95. The second-order valence-electron chi connectivity index (χ2n) is 8.06. The molecule has 1 aliphatic heterocycles. The fourth-order valence-electron chi connectivity index (χ4n) is 3.71. The monoisotopic (exact) mass is 489 g/mol. The molecule has 0 saturated carbocycles. The quantitative estimate of drug-likeness (QED) is 0.334. The van der Waals surface area contributed by atoms with Crippen LogP contribution in [0.1, 0.15) is 36.5 Å². The fraction of sp³-hybridized carbons (Fsp3) is 0.308. The van der Waals surface area contributed by atoms with Gasteiger partial charge in [-0.1, -0.05) is 41.7 Å². The number of amides is 1. The van der Waals surface area contributed by atoms with Crippen molar-refractivity contribution >= 4 is 33.6 Å². The number of rotatable bonds is 9. The van der Waals surface area contributed by atoms with Gasteiger partial charge in [-0.15, -0.1) is 10.2 Å². The highest BCUT2D eigenvalue weighted by Crippen LogP contribution is 2.31. The summed E-state index contributed by atoms with van der Waals surface area (Å²) in [6, 6.07) is 15.3. The largest absolute Gasteiger partial charge is 0.490 e. The van der Waals surface area contributed by atoms with Gasteiger partial charge in [0, 0.05) is 13.1 Å². The summed E-state index contributed by atoms with van der Waals surface area (Å²) in [5.74, 6) is 0.611. The van der Waals surface area contributed by atoms with Gasteiger partial charge in [0.05, 0.1) is 6.61 Å². The van der Waals surface area contributed by atoms with Crippen molar-refractivity contribution in [1.29, 1.82) is 5.26 Å². The molecule has 4 rings (SSSR count). The van der Waals surface area contributed by atoms with E-state index in [1.165, 1.54) is 17.4 Å². The third-order valence-corrected chi connectivity index (χ3v) is 6.50. The normalized spacial score (nSPS) is 13.4. The minimum atomic E-state index is -0.533. The van der Waals surface area contributed by atoms with E-state index in [1.54, 1.807) is 18.2 Å². The Balaban J connectivity index is 1.47. The predicted octanol–water partition coefficient (Wildman–Crippen LogP) is 4.97. The molecule has 0 spiro atoms. The van der Waals surface area contributed by atoms with Crippen LogP contribution < -0.4 is 19.7 Å². The minimum Gasteiger partial charge on any atom is -0.490 e. The maximum atomic E-state index is 12.7. The lowest BCUT2D eigenvalue weighted by molar-refractivity contribution is -0.112. The number of nitrogens with zero attached hydrogens (tertiary/aromatic N) is 4. The fourth-order valence-corrected chi connectivity index (χ4v) is 4.50. The Hall–Kier alpha value is -3.90. The number of hydrogen-bond acceptors (Lipinski definition) is 8.